The molecule has 1 aromatic carbocycles. The number of carbonyl (C=O) groups excluding carboxylic acids is 1. The summed E-state index contributed by atoms with van der Waals surface area (Å²) in [6.45, 7) is 2.51. The van der Waals surface area contributed by atoms with E-state index < -0.39 is 0 Å². The minimum Gasteiger partial charge on any atom is -0.395 e. The van der Waals surface area contributed by atoms with Crippen LogP contribution < -0.4 is 5.32 Å². The van der Waals surface area contributed by atoms with Crippen LogP contribution in [0.5, 0.6) is 0 Å². The highest BCUT2D eigenvalue weighted by Crippen LogP contribution is 2.29. The number of benzene rings is 1. The molecular weight excluding hydrogens is 287 g/mol. The third-order valence-electron chi connectivity index (χ3n) is 2.94. The summed E-state index contributed by atoms with van der Waals surface area (Å²) in [5.41, 5.74) is 0.439. The molecule has 1 amide bonds. The van der Waals surface area contributed by atoms with Gasteiger partial charge in [-0.3, -0.25) is 4.79 Å². The molecule has 0 saturated carbocycles. The van der Waals surface area contributed by atoms with E-state index in [1.807, 2.05) is 18.9 Å². The number of carbonyl (C=O) groups is 1. The molecule has 0 aliphatic carbocycles. The van der Waals surface area contributed by atoms with Crippen molar-refractivity contribution in [2.75, 3.05) is 25.5 Å². The molecule has 4 nitrogen and oxygen atoms in total. The molecule has 0 aliphatic rings. The van der Waals surface area contributed by atoms with Crippen LogP contribution in [0.4, 0.5) is 5.69 Å². The Bertz CT molecular complexity index is 420. The predicted molar refractivity (Wildman–Crippen MR) is 78.9 cm³/mol. The van der Waals surface area contributed by atoms with Gasteiger partial charge in [0.05, 0.1) is 22.3 Å². The van der Waals surface area contributed by atoms with E-state index in [-0.39, 0.29) is 18.6 Å². The van der Waals surface area contributed by atoms with Gasteiger partial charge in [-0.15, -0.1) is 0 Å². The Labute approximate surface area is 123 Å². The Morgan fingerprint density at radius 2 is 2.00 bits per heavy atom. The molecule has 0 aliphatic heterocycles. The molecule has 106 valence electrons. The lowest BCUT2D eigenvalue weighted by Crippen LogP contribution is -2.34. The van der Waals surface area contributed by atoms with Crippen molar-refractivity contribution in [3.63, 3.8) is 0 Å². The fourth-order valence-corrected chi connectivity index (χ4v) is 1.95. The quantitative estimate of drug-likeness (QED) is 0.849. The van der Waals surface area contributed by atoms with Crippen molar-refractivity contribution < 1.29 is 9.90 Å². The van der Waals surface area contributed by atoms with Gasteiger partial charge in [0.1, 0.15) is 0 Å². The molecule has 0 saturated heterocycles. The number of nitrogens with one attached hydrogen (secondary N) is 1. The fourth-order valence-electron chi connectivity index (χ4n) is 1.46. The monoisotopic (exact) mass is 304 g/mol. The van der Waals surface area contributed by atoms with Crippen LogP contribution in [0, 0.1) is 0 Å². The molecule has 0 bridgehead atoms. The van der Waals surface area contributed by atoms with Gasteiger partial charge in [0.25, 0.3) is 0 Å². The Morgan fingerprint density at radius 3 is 2.53 bits per heavy atom. The van der Waals surface area contributed by atoms with Crippen molar-refractivity contribution in [1.29, 1.82) is 0 Å². The number of rotatable bonds is 6. The Hall–Kier alpha value is -0.810. The smallest absolute Gasteiger partial charge is 0.225 e. The summed E-state index contributed by atoms with van der Waals surface area (Å²) in [4.78, 5) is 13.7. The van der Waals surface area contributed by atoms with Crippen molar-refractivity contribution in [3.05, 3.63) is 28.2 Å². The number of likely N-dealkylation sites (N-methyl/N-ethyl adjacent to an activating group) is 1. The number of aliphatic hydroxyl groups excluding tert-OH is 1. The lowest BCUT2D eigenvalue weighted by atomic mass is 10.2. The normalized spacial score (nSPS) is 12.5. The second-order valence-corrected chi connectivity index (χ2v) is 5.22. The molecule has 0 radical (unpaired) electrons. The standard InChI is InChI=1S/C13H18Cl2N2O2/c1-9(8-18)17(2)7-6-12(19)16-13-10(14)4-3-5-11(13)15/h3-5,9,18H,6-8H2,1-2H3,(H,16,19). The Kier molecular flexibility index (Phi) is 6.58. The van der Waals surface area contributed by atoms with Crippen LogP contribution in [0.2, 0.25) is 10.0 Å². The molecule has 1 aromatic rings. The maximum absolute atomic E-state index is 11.8. The molecule has 1 rings (SSSR count). The summed E-state index contributed by atoms with van der Waals surface area (Å²) in [6, 6.07) is 5.08. The van der Waals surface area contributed by atoms with Crippen LogP contribution >= 0.6 is 23.2 Å². The van der Waals surface area contributed by atoms with Crippen LogP contribution in [0.25, 0.3) is 0 Å². The third-order valence-corrected chi connectivity index (χ3v) is 3.57. The number of anilines is 1. The highest BCUT2D eigenvalue weighted by atomic mass is 35.5. The first-order valence-electron chi connectivity index (χ1n) is 6.00. The summed E-state index contributed by atoms with van der Waals surface area (Å²) in [7, 11) is 1.86. The number of para-hydroxylation sites is 1. The molecule has 0 fully saturated rings. The molecule has 1 atom stereocenters. The SMILES string of the molecule is CC(CO)N(C)CCC(=O)Nc1c(Cl)cccc1Cl. The molecule has 0 heterocycles. The zero-order chi connectivity index (χ0) is 14.4. The average Bonchev–Trinajstić information content (AvgIpc) is 2.39. The number of halogens is 2. The number of amides is 1. The number of aliphatic hydroxyl groups is 1. The topological polar surface area (TPSA) is 52.6 Å². The van der Waals surface area contributed by atoms with Crippen LogP contribution in [-0.4, -0.2) is 42.2 Å². The fraction of sp³-hybridized carbons (Fsp3) is 0.462. The van der Waals surface area contributed by atoms with Crippen LogP contribution in [0.1, 0.15) is 13.3 Å². The van der Waals surface area contributed by atoms with E-state index in [0.717, 1.165) is 0 Å². The van der Waals surface area contributed by atoms with Crippen LogP contribution in [0.15, 0.2) is 18.2 Å². The zero-order valence-corrected chi connectivity index (χ0v) is 12.5. The van der Waals surface area contributed by atoms with E-state index >= 15 is 0 Å². The summed E-state index contributed by atoms with van der Waals surface area (Å²) in [5.74, 6) is -0.160. The largest absolute Gasteiger partial charge is 0.395 e. The first-order chi connectivity index (χ1) is 8.95. The van der Waals surface area contributed by atoms with Gasteiger partial charge >= 0.3 is 0 Å². The molecular formula is C13H18Cl2N2O2. The number of hydrogen-bond donors (Lipinski definition) is 2. The molecule has 19 heavy (non-hydrogen) atoms. The Morgan fingerprint density at radius 1 is 1.42 bits per heavy atom. The Balaban J connectivity index is 2.52. The van der Waals surface area contributed by atoms with E-state index in [1.165, 1.54) is 0 Å². The highest BCUT2D eigenvalue weighted by Gasteiger charge is 2.12. The van der Waals surface area contributed by atoms with E-state index in [1.54, 1.807) is 18.2 Å². The van der Waals surface area contributed by atoms with Gasteiger partial charge in [-0.2, -0.15) is 0 Å². The summed E-state index contributed by atoms with van der Waals surface area (Å²) in [6.07, 6.45) is 0.308. The van der Waals surface area contributed by atoms with Gasteiger partial charge in [0, 0.05) is 19.0 Å². The maximum atomic E-state index is 11.8. The first-order valence-corrected chi connectivity index (χ1v) is 6.76. The van der Waals surface area contributed by atoms with E-state index in [4.69, 9.17) is 28.3 Å². The van der Waals surface area contributed by atoms with Gasteiger partial charge in [0.15, 0.2) is 0 Å². The van der Waals surface area contributed by atoms with Crippen molar-refractivity contribution in [2.24, 2.45) is 0 Å². The average molecular weight is 305 g/mol. The summed E-state index contributed by atoms with van der Waals surface area (Å²) in [5, 5.41) is 12.5. The molecule has 0 spiro atoms. The summed E-state index contributed by atoms with van der Waals surface area (Å²) < 4.78 is 0. The van der Waals surface area contributed by atoms with Gasteiger partial charge in [-0.25, -0.2) is 0 Å². The van der Waals surface area contributed by atoms with Crippen LogP contribution in [0.3, 0.4) is 0 Å². The predicted octanol–water partition coefficient (Wildman–Crippen LogP) is 2.63. The van der Waals surface area contributed by atoms with Crippen molar-refractivity contribution >= 4 is 34.8 Å². The number of hydrogen-bond acceptors (Lipinski definition) is 3. The second kappa shape index (κ2) is 7.70. The molecule has 1 unspecified atom stereocenters. The van der Waals surface area contributed by atoms with E-state index in [9.17, 15) is 4.79 Å². The van der Waals surface area contributed by atoms with Crippen molar-refractivity contribution in [2.45, 2.75) is 19.4 Å². The van der Waals surface area contributed by atoms with Crippen molar-refractivity contribution in [3.8, 4) is 0 Å². The van der Waals surface area contributed by atoms with E-state index in [2.05, 4.69) is 5.32 Å². The second-order valence-electron chi connectivity index (χ2n) is 4.41. The number of nitrogens with zero attached hydrogens (tertiary/aromatic N) is 1. The van der Waals surface area contributed by atoms with Gasteiger partial charge < -0.3 is 15.3 Å². The lowest BCUT2D eigenvalue weighted by Gasteiger charge is -2.22. The molecule has 2 N–H and O–H groups in total. The van der Waals surface area contributed by atoms with Gasteiger partial charge in [-0.1, -0.05) is 29.3 Å². The van der Waals surface area contributed by atoms with Crippen LogP contribution in [-0.2, 0) is 4.79 Å². The van der Waals surface area contributed by atoms with Crippen molar-refractivity contribution in [1.82, 2.24) is 4.90 Å². The lowest BCUT2D eigenvalue weighted by molar-refractivity contribution is -0.116. The zero-order valence-electron chi connectivity index (χ0n) is 11.0. The minimum absolute atomic E-state index is 0.0247. The first kappa shape index (κ1) is 16.2. The van der Waals surface area contributed by atoms with Gasteiger partial charge in [-0.05, 0) is 26.1 Å². The summed E-state index contributed by atoms with van der Waals surface area (Å²) >= 11 is 11.9. The third kappa shape index (κ3) is 4.99. The van der Waals surface area contributed by atoms with Gasteiger partial charge in [0.2, 0.25) is 5.91 Å². The maximum Gasteiger partial charge on any atom is 0.225 e. The molecule has 6 heteroatoms. The molecule has 0 aromatic heterocycles. The van der Waals surface area contributed by atoms with E-state index in [0.29, 0.717) is 28.7 Å². The highest BCUT2D eigenvalue weighted by molar-refractivity contribution is 6.39. The minimum atomic E-state index is -0.160.